The molecule has 0 bridgehead atoms. The lowest BCUT2D eigenvalue weighted by Gasteiger charge is -2.20. The predicted molar refractivity (Wildman–Crippen MR) is 229 cm³/mol. The van der Waals surface area contributed by atoms with Gasteiger partial charge in [0.15, 0.2) is 0 Å². The van der Waals surface area contributed by atoms with Gasteiger partial charge in [0.05, 0.1) is 16.6 Å². The Bertz CT molecular complexity index is 3100. The average molecular weight is 689 g/mol. The Morgan fingerprint density at radius 1 is 0.370 bits per heavy atom. The Hall–Kier alpha value is -6.90. The van der Waals surface area contributed by atoms with Crippen LogP contribution in [-0.2, 0) is 6.42 Å². The number of hydrogen-bond acceptors (Lipinski definition) is 0. The quantitative estimate of drug-likeness (QED) is 0.170. The lowest BCUT2D eigenvalue weighted by Crippen LogP contribution is -2.06. The first-order valence-corrected chi connectivity index (χ1v) is 18.9. The van der Waals surface area contributed by atoms with Crippen LogP contribution in [-0.4, -0.2) is 9.13 Å². The second-order valence-corrected chi connectivity index (χ2v) is 14.5. The summed E-state index contributed by atoms with van der Waals surface area (Å²) in [6.45, 7) is 0. The number of fused-ring (bicyclic) bond motifs is 7. The highest BCUT2D eigenvalue weighted by Gasteiger charge is 2.24. The third-order valence-corrected chi connectivity index (χ3v) is 11.4. The smallest absolute Gasteiger partial charge is 0.0616 e. The summed E-state index contributed by atoms with van der Waals surface area (Å²) in [7, 11) is 0. The van der Waals surface area contributed by atoms with Gasteiger partial charge in [0.2, 0.25) is 0 Å². The van der Waals surface area contributed by atoms with Crippen molar-refractivity contribution in [1.82, 2.24) is 9.13 Å². The molecule has 0 fully saturated rings. The van der Waals surface area contributed by atoms with Crippen molar-refractivity contribution in [3.8, 4) is 33.6 Å². The van der Waals surface area contributed by atoms with Gasteiger partial charge in [-0.3, -0.25) is 0 Å². The normalized spacial score (nSPS) is 12.8. The van der Waals surface area contributed by atoms with Crippen LogP contribution >= 0.6 is 0 Å². The van der Waals surface area contributed by atoms with E-state index in [1.54, 1.807) is 0 Å². The van der Waals surface area contributed by atoms with Crippen LogP contribution < -0.4 is 0 Å². The zero-order valence-corrected chi connectivity index (χ0v) is 29.8. The highest BCUT2D eigenvalue weighted by Crippen LogP contribution is 2.43. The monoisotopic (exact) mass is 688 g/mol. The van der Waals surface area contributed by atoms with Gasteiger partial charge < -0.3 is 9.13 Å². The molecule has 10 aromatic rings. The minimum atomic E-state index is 0.962. The van der Waals surface area contributed by atoms with Gasteiger partial charge in [0.1, 0.15) is 0 Å². The molecule has 0 atom stereocenters. The van der Waals surface area contributed by atoms with Crippen LogP contribution in [0.2, 0.25) is 0 Å². The van der Waals surface area contributed by atoms with E-state index in [1.165, 1.54) is 99.5 Å². The molecule has 8 aromatic carbocycles. The Labute approximate surface area is 314 Å². The fourth-order valence-electron chi connectivity index (χ4n) is 8.93. The Morgan fingerprint density at radius 2 is 0.981 bits per heavy atom. The molecule has 0 spiro atoms. The van der Waals surface area contributed by atoms with Crippen LogP contribution in [0.15, 0.2) is 188 Å². The summed E-state index contributed by atoms with van der Waals surface area (Å²) in [5, 5.41) is 6.39. The lowest BCUT2D eigenvalue weighted by molar-refractivity contribution is 0.899. The second kappa shape index (κ2) is 12.4. The molecule has 11 rings (SSSR count). The topological polar surface area (TPSA) is 9.86 Å². The van der Waals surface area contributed by atoms with E-state index in [1.807, 2.05) is 0 Å². The molecule has 2 nitrogen and oxygen atoms in total. The fourth-order valence-corrected chi connectivity index (χ4v) is 8.93. The number of allylic oxidation sites excluding steroid dienone is 1. The summed E-state index contributed by atoms with van der Waals surface area (Å²) in [5.41, 5.74) is 16.4. The number of aromatic nitrogens is 2. The molecule has 0 saturated heterocycles. The van der Waals surface area contributed by atoms with Crippen LogP contribution in [0.1, 0.15) is 23.2 Å². The van der Waals surface area contributed by atoms with Gasteiger partial charge in [-0.15, -0.1) is 0 Å². The molecule has 2 heterocycles. The summed E-state index contributed by atoms with van der Waals surface area (Å²) in [6, 6.07) is 68.8. The molecule has 54 heavy (non-hydrogen) atoms. The summed E-state index contributed by atoms with van der Waals surface area (Å²) in [4.78, 5) is 0. The van der Waals surface area contributed by atoms with E-state index < -0.39 is 0 Å². The van der Waals surface area contributed by atoms with Crippen LogP contribution in [0.5, 0.6) is 0 Å². The maximum Gasteiger partial charge on any atom is 0.0616 e. The minimum Gasteiger partial charge on any atom is -0.313 e. The summed E-state index contributed by atoms with van der Waals surface area (Å²) >= 11 is 0. The van der Waals surface area contributed by atoms with E-state index in [9.17, 15) is 0 Å². The Morgan fingerprint density at radius 3 is 1.83 bits per heavy atom. The van der Waals surface area contributed by atoms with Crippen molar-refractivity contribution in [2.24, 2.45) is 0 Å². The van der Waals surface area contributed by atoms with Gasteiger partial charge in [-0.1, -0.05) is 146 Å². The van der Waals surface area contributed by atoms with Gasteiger partial charge in [-0.25, -0.2) is 0 Å². The summed E-state index contributed by atoms with van der Waals surface area (Å²) < 4.78 is 5.00. The molecule has 1 aliphatic rings. The zero-order chi connectivity index (χ0) is 35.6. The van der Waals surface area contributed by atoms with Gasteiger partial charge in [-0.2, -0.15) is 0 Å². The fraction of sp³-hybridized carbons (Fsp3) is 0.0385. The molecule has 0 unspecified atom stereocenters. The largest absolute Gasteiger partial charge is 0.313 e. The molecule has 0 amide bonds. The number of benzene rings is 8. The SMILES string of the molecule is C1=C(c2cccc3c4ccccc4n(-c4cccc(-c5cccc(-c6ccccc6)c5)c4)c23)CCc2c1c1ccccc1n2-c1ccc2ccccc2c1. The van der Waals surface area contributed by atoms with Crippen molar-refractivity contribution >= 4 is 55.1 Å². The Balaban J connectivity index is 1.09. The van der Waals surface area contributed by atoms with Crippen LogP contribution in [0.3, 0.4) is 0 Å². The Kier molecular flexibility index (Phi) is 7.03. The van der Waals surface area contributed by atoms with Crippen LogP contribution in [0, 0.1) is 0 Å². The maximum absolute atomic E-state index is 2.50. The second-order valence-electron chi connectivity index (χ2n) is 14.5. The van der Waals surface area contributed by atoms with E-state index in [2.05, 4.69) is 203 Å². The first-order valence-electron chi connectivity index (χ1n) is 18.9. The van der Waals surface area contributed by atoms with E-state index in [4.69, 9.17) is 0 Å². The first kappa shape index (κ1) is 30.7. The number of nitrogens with zero attached hydrogens (tertiary/aromatic N) is 2. The molecular weight excluding hydrogens is 653 g/mol. The highest BCUT2D eigenvalue weighted by atomic mass is 15.0. The number of para-hydroxylation sites is 3. The summed E-state index contributed by atoms with van der Waals surface area (Å²) in [5.74, 6) is 0. The van der Waals surface area contributed by atoms with Crippen molar-refractivity contribution in [3.05, 3.63) is 205 Å². The van der Waals surface area contributed by atoms with E-state index in [0.29, 0.717) is 0 Å². The lowest BCUT2D eigenvalue weighted by atomic mass is 9.90. The highest BCUT2D eigenvalue weighted by molar-refractivity contribution is 6.14. The van der Waals surface area contributed by atoms with Crippen LogP contribution in [0.4, 0.5) is 0 Å². The molecule has 0 saturated carbocycles. The van der Waals surface area contributed by atoms with E-state index >= 15 is 0 Å². The van der Waals surface area contributed by atoms with Gasteiger partial charge in [0.25, 0.3) is 0 Å². The van der Waals surface area contributed by atoms with Crippen molar-refractivity contribution in [3.63, 3.8) is 0 Å². The third-order valence-electron chi connectivity index (χ3n) is 11.4. The molecule has 0 aliphatic heterocycles. The van der Waals surface area contributed by atoms with Crippen molar-refractivity contribution in [1.29, 1.82) is 0 Å². The predicted octanol–water partition coefficient (Wildman–Crippen LogP) is 13.7. The van der Waals surface area contributed by atoms with E-state index in [0.717, 1.165) is 12.8 Å². The van der Waals surface area contributed by atoms with Crippen LogP contribution in [0.25, 0.3) is 88.8 Å². The third kappa shape index (κ3) is 4.88. The van der Waals surface area contributed by atoms with Crippen molar-refractivity contribution < 1.29 is 0 Å². The average Bonchev–Trinajstić information content (AvgIpc) is 3.77. The number of hydrogen-bond donors (Lipinski definition) is 0. The molecule has 2 aromatic heterocycles. The van der Waals surface area contributed by atoms with Gasteiger partial charge in [0, 0.05) is 44.4 Å². The zero-order valence-electron chi connectivity index (χ0n) is 29.8. The van der Waals surface area contributed by atoms with Crippen molar-refractivity contribution in [2.45, 2.75) is 12.8 Å². The molecule has 0 radical (unpaired) electrons. The molecular formula is C52H36N2. The number of rotatable bonds is 5. The minimum absolute atomic E-state index is 0.962. The maximum atomic E-state index is 2.50. The molecule has 1 aliphatic carbocycles. The van der Waals surface area contributed by atoms with Crippen molar-refractivity contribution in [2.75, 3.05) is 0 Å². The first-order chi connectivity index (χ1) is 26.8. The van der Waals surface area contributed by atoms with Gasteiger partial charge in [-0.05, 0) is 100.0 Å². The van der Waals surface area contributed by atoms with E-state index in [-0.39, 0.29) is 0 Å². The molecule has 0 N–H and O–H groups in total. The molecule has 2 heteroatoms. The molecule has 254 valence electrons. The van der Waals surface area contributed by atoms with Gasteiger partial charge >= 0.3 is 0 Å². The standard InChI is InChI=1S/C52H36N2/c1-2-13-35(14-3-1)37-17-10-18-38(31-37)40-19-11-20-42(33-40)54-50-26-9-6-21-45(50)47-24-12-23-44(52(47)54)41-28-30-51-48(34-41)46-22-7-8-25-49(46)53(51)43-29-27-36-15-4-5-16-39(36)32-43/h1-27,29,31-34H,28,30H2. The summed E-state index contributed by atoms with van der Waals surface area (Å²) in [6.07, 6.45) is 4.41.